The predicted octanol–water partition coefficient (Wildman–Crippen LogP) is 3.37. The quantitative estimate of drug-likeness (QED) is 0.509. The third kappa shape index (κ3) is 2.57. The molecule has 0 aliphatic carbocycles. The summed E-state index contributed by atoms with van der Waals surface area (Å²) in [7, 11) is 0. The Bertz CT molecular complexity index is 300. The van der Waals surface area contributed by atoms with Gasteiger partial charge < -0.3 is 0 Å². The molecule has 12 heavy (non-hydrogen) atoms. The summed E-state index contributed by atoms with van der Waals surface area (Å²) in [6, 6.07) is 8.07. The predicted molar refractivity (Wildman–Crippen MR) is 55.1 cm³/mol. The van der Waals surface area contributed by atoms with E-state index >= 15 is 0 Å². The van der Waals surface area contributed by atoms with E-state index in [0.717, 1.165) is 18.5 Å². The molecule has 62 valence electrons. The van der Waals surface area contributed by atoms with Crippen molar-refractivity contribution in [2.45, 2.75) is 19.8 Å². The van der Waals surface area contributed by atoms with Crippen molar-refractivity contribution in [3.63, 3.8) is 0 Å². The largest absolute Gasteiger partial charge is 0.195 e. The summed E-state index contributed by atoms with van der Waals surface area (Å²) in [5, 5.41) is 2.36. The molecule has 1 aromatic carbocycles. The van der Waals surface area contributed by atoms with Gasteiger partial charge in [0.2, 0.25) is 0 Å². The van der Waals surface area contributed by atoms with Crippen LogP contribution in [0.2, 0.25) is 0 Å². The van der Waals surface area contributed by atoms with Gasteiger partial charge in [0.15, 0.2) is 0 Å². The first kappa shape index (κ1) is 9.11. The van der Waals surface area contributed by atoms with E-state index in [4.69, 9.17) is 0 Å². The van der Waals surface area contributed by atoms with Gasteiger partial charge in [0, 0.05) is 0 Å². The topological polar surface area (TPSA) is 12.4 Å². The van der Waals surface area contributed by atoms with Gasteiger partial charge in [-0.2, -0.15) is 4.99 Å². The van der Waals surface area contributed by atoms with Crippen LogP contribution < -0.4 is 0 Å². The molecule has 0 saturated heterocycles. The van der Waals surface area contributed by atoms with E-state index in [1.54, 1.807) is 0 Å². The second-order valence-corrected chi connectivity index (χ2v) is 2.81. The summed E-state index contributed by atoms with van der Waals surface area (Å²) < 4.78 is 0. The Hall–Kier alpha value is -0.980. The third-order valence-electron chi connectivity index (χ3n) is 1.62. The van der Waals surface area contributed by atoms with Crippen LogP contribution in [0.5, 0.6) is 0 Å². The number of aliphatic imine (C=N–C) groups is 1. The Morgan fingerprint density at radius 1 is 1.50 bits per heavy atom. The molecule has 1 aromatic rings. The van der Waals surface area contributed by atoms with Crippen LogP contribution in [-0.4, -0.2) is 5.16 Å². The van der Waals surface area contributed by atoms with Gasteiger partial charge in [0.05, 0.1) is 10.8 Å². The third-order valence-corrected chi connectivity index (χ3v) is 1.72. The van der Waals surface area contributed by atoms with Crippen LogP contribution in [0.15, 0.2) is 29.3 Å². The summed E-state index contributed by atoms with van der Waals surface area (Å²) in [5.41, 5.74) is 2.21. The molecule has 1 nitrogen and oxygen atoms in total. The zero-order chi connectivity index (χ0) is 8.81. The fourth-order valence-corrected chi connectivity index (χ4v) is 1.23. The van der Waals surface area contributed by atoms with Gasteiger partial charge in [-0.3, -0.25) is 0 Å². The number of hydrogen-bond acceptors (Lipinski definition) is 2. The van der Waals surface area contributed by atoms with Gasteiger partial charge in [-0.25, -0.2) is 0 Å². The highest BCUT2D eigenvalue weighted by atomic mass is 32.1. The Morgan fingerprint density at radius 2 is 2.33 bits per heavy atom. The molecule has 1 rings (SSSR count). The average molecular weight is 177 g/mol. The molecular weight excluding hydrogens is 166 g/mol. The van der Waals surface area contributed by atoms with E-state index in [2.05, 4.69) is 35.4 Å². The zero-order valence-corrected chi connectivity index (χ0v) is 7.90. The Balaban J connectivity index is 2.87. The van der Waals surface area contributed by atoms with Gasteiger partial charge >= 0.3 is 0 Å². The van der Waals surface area contributed by atoms with Gasteiger partial charge in [0.25, 0.3) is 0 Å². The summed E-state index contributed by atoms with van der Waals surface area (Å²) in [4.78, 5) is 3.91. The van der Waals surface area contributed by atoms with Crippen LogP contribution in [0.4, 0.5) is 5.69 Å². The van der Waals surface area contributed by atoms with Crippen LogP contribution in [0.3, 0.4) is 0 Å². The minimum atomic E-state index is 0.899. The molecule has 0 aliphatic heterocycles. The van der Waals surface area contributed by atoms with Gasteiger partial charge in [-0.05, 0) is 36.3 Å². The number of thiocarbonyl (C=S) groups is 1. The van der Waals surface area contributed by atoms with Crippen LogP contribution in [0, 0.1) is 0 Å². The molecule has 0 heterocycles. The van der Waals surface area contributed by atoms with Crippen LogP contribution in [0.25, 0.3) is 0 Å². The Morgan fingerprint density at radius 3 is 3.00 bits per heavy atom. The van der Waals surface area contributed by atoms with Crippen LogP contribution in [0.1, 0.15) is 18.9 Å². The van der Waals surface area contributed by atoms with E-state index in [1.807, 2.05) is 18.2 Å². The summed E-state index contributed by atoms with van der Waals surface area (Å²) in [5.74, 6) is 0. The lowest BCUT2D eigenvalue weighted by Gasteiger charge is -1.97. The number of aryl methyl sites for hydroxylation is 1. The maximum absolute atomic E-state index is 4.53. The lowest BCUT2D eigenvalue weighted by Crippen LogP contribution is -1.80. The number of nitrogens with zero attached hydrogens (tertiary/aromatic N) is 1. The average Bonchev–Trinajstić information content (AvgIpc) is 2.06. The molecule has 0 spiro atoms. The fraction of sp³-hybridized carbons (Fsp3) is 0.300. The van der Waals surface area contributed by atoms with E-state index in [1.165, 1.54) is 5.56 Å². The normalized spacial score (nSPS) is 9.08. The van der Waals surface area contributed by atoms with E-state index in [9.17, 15) is 0 Å². The van der Waals surface area contributed by atoms with E-state index in [-0.39, 0.29) is 0 Å². The van der Waals surface area contributed by atoms with Crippen molar-refractivity contribution < 1.29 is 0 Å². The molecule has 0 bridgehead atoms. The van der Waals surface area contributed by atoms with Crippen LogP contribution >= 0.6 is 12.2 Å². The number of benzene rings is 1. The maximum atomic E-state index is 4.53. The molecular formula is C10H11NS. The zero-order valence-electron chi connectivity index (χ0n) is 7.08. The van der Waals surface area contributed by atoms with Gasteiger partial charge in [0.1, 0.15) is 0 Å². The number of hydrogen-bond donors (Lipinski definition) is 0. The molecule has 0 aliphatic rings. The minimum absolute atomic E-state index is 0.899. The highest BCUT2D eigenvalue weighted by Gasteiger charge is 1.91. The Kier molecular flexibility index (Phi) is 3.65. The SMILES string of the molecule is CCCc1cccc(N=C=S)c1. The summed E-state index contributed by atoms with van der Waals surface area (Å²) in [6.45, 7) is 2.16. The first-order valence-electron chi connectivity index (χ1n) is 4.03. The Labute approximate surface area is 78.1 Å². The van der Waals surface area contributed by atoms with Crippen molar-refractivity contribution in [1.29, 1.82) is 0 Å². The molecule has 0 saturated carbocycles. The smallest absolute Gasteiger partial charge is 0.0742 e. The van der Waals surface area contributed by atoms with Gasteiger partial charge in [-0.1, -0.05) is 25.5 Å². The minimum Gasteiger partial charge on any atom is -0.195 e. The molecule has 0 N–H and O–H groups in total. The first-order valence-corrected chi connectivity index (χ1v) is 4.44. The second kappa shape index (κ2) is 4.81. The maximum Gasteiger partial charge on any atom is 0.0742 e. The lowest BCUT2D eigenvalue weighted by molar-refractivity contribution is 0.922. The fourth-order valence-electron chi connectivity index (χ4n) is 1.12. The molecule has 0 unspecified atom stereocenters. The molecule has 0 radical (unpaired) electrons. The van der Waals surface area contributed by atoms with Crippen molar-refractivity contribution in [1.82, 2.24) is 0 Å². The first-order chi connectivity index (χ1) is 5.86. The van der Waals surface area contributed by atoms with Crippen molar-refractivity contribution in [3.05, 3.63) is 29.8 Å². The standard InChI is InChI=1S/C10H11NS/c1-2-4-9-5-3-6-10(7-9)11-8-12/h3,5-7H,2,4H2,1H3. The monoisotopic (exact) mass is 177 g/mol. The highest BCUT2D eigenvalue weighted by molar-refractivity contribution is 7.78. The van der Waals surface area contributed by atoms with Crippen molar-refractivity contribution >= 4 is 23.1 Å². The molecule has 2 heteroatoms. The van der Waals surface area contributed by atoms with E-state index < -0.39 is 0 Å². The summed E-state index contributed by atoms with van der Waals surface area (Å²) in [6.07, 6.45) is 2.26. The van der Waals surface area contributed by atoms with Crippen LogP contribution in [-0.2, 0) is 6.42 Å². The second-order valence-electron chi connectivity index (χ2n) is 2.62. The summed E-state index contributed by atoms with van der Waals surface area (Å²) >= 11 is 4.53. The van der Waals surface area contributed by atoms with Crippen molar-refractivity contribution in [3.8, 4) is 0 Å². The molecule has 0 fully saturated rings. The molecule has 0 amide bonds. The van der Waals surface area contributed by atoms with Crippen molar-refractivity contribution in [2.24, 2.45) is 4.99 Å². The number of isothiocyanates is 1. The lowest BCUT2D eigenvalue weighted by atomic mass is 10.1. The van der Waals surface area contributed by atoms with E-state index in [0.29, 0.717) is 0 Å². The molecule has 0 atom stereocenters. The van der Waals surface area contributed by atoms with Crippen molar-refractivity contribution in [2.75, 3.05) is 0 Å². The number of rotatable bonds is 3. The highest BCUT2D eigenvalue weighted by Crippen LogP contribution is 2.14. The van der Waals surface area contributed by atoms with Gasteiger partial charge in [-0.15, -0.1) is 0 Å². The molecule has 0 aromatic heterocycles.